The van der Waals surface area contributed by atoms with Gasteiger partial charge in [-0.05, 0) is 56.9 Å². The van der Waals surface area contributed by atoms with Gasteiger partial charge in [0, 0.05) is 33.2 Å². The van der Waals surface area contributed by atoms with Gasteiger partial charge in [-0.1, -0.05) is 29.8 Å². The number of carbonyl (C=O) groups excluding carboxylic acids is 1. The molecule has 1 heterocycles. The second-order valence-electron chi connectivity index (χ2n) is 6.88. The van der Waals surface area contributed by atoms with Crippen LogP contribution in [-0.4, -0.2) is 36.4 Å². The van der Waals surface area contributed by atoms with Gasteiger partial charge in [0.2, 0.25) is 0 Å². The minimum Gasteiger partial charge on any atom is -0.350 e. The van der Waals surface area contributed by atoms with Crippen molar-refractivity contribution in [2.75, 3.05) is 20.6 Å². The van der Waals surface area contributed by atoms with Crippen LogP contribution in [0.1, 0.15) is 32.7 Å². The van der Waals surface area contributed by atoms with E-state index in [1.807, 2.05) is 69.6 Å². The molecule has 0 saturated carbocycles. The summed E-state index contributed by atoms with van der Waals surface area (Å²) in [6.07, 6.45) is 0. The van der Waals surface area contributed by atoms with Crippen LogP contribution in [0.3, 0.4) is 0 Å². The van der Waals surface area contributed by atoms with E-state index in [9.17, 15) is 4.79 Å². The van der Waals surface area contributed by atoms with Crippen molar-refractivity contribution in [3.05, 3.63) is 80.8 Å². The fourth-order valence-corrected chi connectivity index (χ4v) is 4.71. The van der Waals surface area contributed by atoms with E-state index in [1.54, 1.807) is 23.1 Å². The Labute approximate surface area is 185 Å². The molecule has 1 atom stereocenters. The largest absolute Gasteiger partial charge is 0.350 e. The number of aromatic nitrogens is 1. The molecule has 1 unspecified atom stereocenters. The third-order valence-electron chi connectivity index (χ3n) is 4.51. The quantitative estimate of drug-likeness (QED) is 0.469. The van der Waals surface area contributed by atoms with Gasteiger partial charge in [-0.3, -0.25) is 4.79 Å². The molecule has 0 aliphatic rings. The molecule has 3 rings (SSSR count). The van der Waals surface area contributed by atoms with Gasteiger partial charge >= 0.3 is 0 Å². The molecule has 0 spiro atoms. The van der Waals surface area contributed by atoms with Crippen molar-refractivity contribution < 1.29 is 4.79 Å². The molecule has 1 aromatic heterocycles. The van der Waals surface area contributed by atoms with Crippen LogP contribution < -0.4 is 5.32 Å². The summed E-state index contributed by atoms with van der Waals surface area (Å²) in [5, 5.41) is 6.91. The number of rotatable bonds is 8. The zero-order chi connectivity index (χ0) is 20.8. The number of benzene rings is 2. The van der Waals surface area contributed by atoms with E-state index in [1.165, 1.54) is 0 Å². The average molecular weight is 446 g/mol. The number of thiazole rings is 1. The number of amides is 1. The number of hydrogen-bond acceptors (Lipinski definition) is 5. The minimum atomic E-state index is -0.0874. The van der Waals surface area contributed by atoms with Crippen molar-refractivity contribution in [2.24, 2.45) is 0 Å². The van der Waals surface area contributed by atoms with Gasteiger partial charge in [0.25, 0.3) is 5.91 Å². The third kappa shape index (κ3) is 6.06. The predicted molar refractivity (Wildman–Crippen MR) is 123 cm³/mol. The van der Waals surface area contributed by atoms with E-state index in [-0.39, 0.29) is 11.9 Å². The Hall–Kier alpha value is -1.86. The zero-order valence-corrected chi connectivity index (χ0v) is 19.1. The molecule has 0 fully saturated rings. The molecular weight excluding hydrogens is 422 g/mol. The number of carbonyl (C=O) groups is 1. The molecule has 3 aromatic rings. The van der Waals surface area contributed by atoms with E-state index in [0.717, 1.165) is 26.9 Å². The van der Waals surface area contributed by atoms with Crippen molar-refractivity contribution in [3.63, 3.8) is 0 Å². The van der Waals surface area contributed by atoms with E-state index < -0.39 is 0 Å². The van der Waals surface area contributed by atoms with Gasteiger partial charge in [-0.25, -0.2) is 4.98 Å². The van der Waals surface area contributed by atoms with Crippen LogP contribution in [0.5, 0.6) is 0 Å². The SMILES string of the molecule is Cc1nc(CSc2ccc(C(=O)NCC(c3ccccc3Cl)N(C)C)cc2)cs1. The molecule has 1 N–H and O–H groups in total. The van der Waals surface area contributed by atoms with Gasteiger partial charge in [-0.15, -0.1) is 23.1 Å². The van der Waals surface area contributed by atoms with Crippen molar-refractivity contribution in [1.82, 2.24) is 15.2 Å². The summed E-state index contributed by atoms with van der Waals surface area (Å²) in [4.78, 5) is 20.3. The molecule has 0 aliphatic carbocycles. The van der Waals surface area contributed by atoms with Crippen LogP contribution in [0, 0.1) is 6.92 Å². The van der Waals surface area contributed by atoms with Crippen LogP contribution in [0.4, 0.5) is 0 Å². The summed E-state index contributed by atoms with van der Waals surface area (Å²) in [6.45, 7) is 2.49. The fourth-order valence-electron chi connectivity index (χ4n) is 2.94. The number of thioether (sulfide) groups is 1. The lowest BCUT2D eigenvalue weighted by Gasteiger charge is -2.26. The second-order valence-corrected chi connectivity index (χ2v) is 9.40. The molecule has 2 aromatic carbocycles. The first-order valence-electron chi connectivity index (χ1n) is 9.27. The third-order valence-corrected chi connectivity index (χ3v) is 6.73. The first-order valence-corrected chi connectivity index (χ1v) is 11.5. The molecule has 152 valence electrons. The van der Waals surface area contributed by atoms with Crippen molar-refractivity contribution in [2.45, 2.75) is 23.6 Å². The molecule has 0 aliphatic heterocycles. The topological polar surface area (TPSA) is 45.2 Å². The van der Waals surface area contributed by atoms with Crippen LogP contribution >= 0.6 is 34.7 Å². The smallest absolute Gasteiger partial charge is 0.251 e. The molecule has 4 nitrogen and oxygen atoms in total. The normalized spacial score (nSPS) is 12.2. The highest BCUT2D eigenvalue weighted by atomic mass is 35.5. The average Bonchev–Trinajstić information content (AvgIpc) is 3.13. The van der Waals surface area contributed by atoms with Crippen molar-refractivity contribution in [3.8, 4) is 0 Å². The first kappa shape index (κ1) is 21.8. The number of halogens is 1. The van der Waals surface area contributed by atoms with Gasteiger partial charge in [0.1, 0.15) is 0 Å². The molecule has 0 saturated heterocycles. The highest BCUT2D eigenvalue weighted by molar-refractivity contribution is 7.98. The van der Waals surface area contributed by atoms with Crippen LogP contribution in [0.15, 0.2) is 58.8 Å². The van der Waals surface area contributed by atoms with Crippen LogP contribution in [0.25, 0.3) is 0 Å². The summed E-state index contributed by atoms with van der Waals surface area (Å²) in [7, 11) is 3.96. The van der Waals surface area contributed by atoms with Crippen molar-refractivity contribution >= 4 is 40.6 Å². The maximum Gasteiger partial charge on any atom is 0.251 e. The Bertz CT molecular complexity index is 957. The highest BCUT2D eigenvalue weighted by Gasteiger charge is 2.18. The van der Waals surface area contributed by atoms with E-state index in [4.69, 9.17) is 11.6 Å². The molecule has 1 amide bonds. The summed E-state index contributed by atoms with van der Waals surface area (Å²) in [5.41, 5.74) is 2.74. The lowest BCUT2D eigenvalue weighted by Crippen LogP contribution is -2.34. The molecule has 0 bridgehead atoms. The van der Waals surface area contributed by atoms with E-state index in [2.05, 4.69) is 20.6 Å². The van der Waals surface area contributed by atoms with E-state index in [0.29, 0.717) is 17.1 Å². The lowest BCUT2D eigenvalue weighted by molar-refractivity contribution is 0.0942. The Balaban J connectivity index is 1.57. The lowest BCUT2D eigenvalue weighted by atomic mass is 10.1. The van der Waals surface area contributed by atoms with Gasteiger partial charge < -0.3 is 10.2 Å². The molecular formula is C22H24ClN3OS2. The van der Waals surface area contributed by atoms with Gasteiger partial charge in [0.15, 0.2) is 0 Å². The summed E-state index contributed by atoms with van der Waals surface area (Å²) < 4.78 is 0. The number of likely N-dealkylation sites (N-methyl/N-ethyl adjacent to an activating group) is 1. The number of hydrogen-bond donors (Lipinski definition) is 1. The molecule has 7 heteroatoms. The minimum absolute atomic E-state index is 0.00375. The standard InChI is InChI=1S/C22H24ClN3OS2/c1-15-25-17(13-28-15)14-29-18-10-8-16(9-11-18)22(27)24-12-21(26(2)3)19-6-4-5-7-20(19)23/h4-11,13,21H,12,14H2,1-3H3,(H,24,27). The maximum absolute atomic E-state index is 12.6. The summed E-state index contributed by atoms with van der Waals surface area (Å²) >= 11 is 9.73. The fraction of sp³-hybridized carbons (Fsp3) is 0.273. The summed E-state index contributed by atoms with van der Waals surface area (Å²) in [5.74, 6) is 0.744. The number of nitrogens with one attached hydrogen (secondary N) is 1. The van der Waals surface area contributed by atoms with Gasteiger partial charge in [0.05, 0.1) is 16.7 Å². The van der Waals surface area contributed by atoms with Crippen molar-refractivity contribution in [1.29, 1.82) is 0 Å². The number of nitrogens with zero attached hydrogens (tertiary/aromatic N) is 2. The predicted octanol–water partition coefficient (Wildman–Crippen LogP) is 5.43. The Morgan fingerprint density at radius 2 is 1.93 bits per heavy atom. The summed E-state index contributed by atoms with van der Waals surface area (Å²) in [6, 6.07) is 15.4. The highest BCUT2D eigenvalue weighted by Crippen LogP contribution is 2.26. The molecule has 29 heavy (non-hydrogen) atoms. The maximum atomic E-state index is 12.6. The van der Waals surface area contributed by atoms with Crippen LogP contribution in [0.2, 0.25) is 5.02 Å². The van der Waals surface area contributed by atoms with Crippen LogP contribution in [-0.2, 0) is 5.75 Å². The first-order chi connectivity index (χ1) is 13.9. The molecule has 0 radical (unpaired) electrons. The zero-order valence-electron chi connectivity index (χ0n) is 16.7. The monoisotopic (exact) mass is 445 g/mol. The Morgan fingerprint density at radius 3 is 2.55 bits per heavy atom. The van der Waals surface area contributed by atoms with E-state index >= 15 is 0 Å². The number of aryl methyl sites for hydroxylation is 1. The second kappa shape index (κ2) is 10.3. The van der Waals surface area contributed by atoms with Gasteiger partial charge in [-0.2, -0.15) is 0 Å². The Kier molecular flexibility index (Phi) is 7.72. The Morgan fingerprint density at radius 1 is 1.21 bits per heavy atom.